The molecule has 4 unspecified atom stereocenters. The lowest BCUT2D eigenvalue weighted by Crippen LogP contribution is -2.50. The van der Waals surface area contributed by atoms with Crippen LogP contribution in [0.4, 0.5) is 0 Å². The van der Waals surface area contributed by atoms with E-state index in [0.717, 1.165) is 23.2 Å². The Hall–Kier alpha value is 0. The fourth-order valence-corrected chi connectivity index (χ4v) is 5.23. The second-order valence-corrected chi connectivity index (χ2v) is 7.60. The summed E-state index contributed by atoms with van der Waals surface area (Å²) < 4.78 is 0. The van der Waals surface area contributed by atoms with E-state index in [-0.39, 0.29) is 0 Å². The zero-order valence-electron chi connectivity index (χ0n) is 10.7. The number of hydrogen-bond acceptors (Lipinski definition) is 0. The third-order valence-electron chi connectivity index (χ3n) is 6.13. The standard InChI is InChI=1S/C15H26/c1-14(2)10-13-12(14)7-6-11-5-4-8-15(13,3)9-11/h11-13H,4-10H2,1-3H3. The van der Waals surface area contributed by atoms with Gasteiger partial charge in [-0.2, -0.15) is 0 Å². The third-order valence-corrected chi connectivity index (χ3v) is 6.13. The lowest BCUT2D eigenvalue weighted by molar-refractivity contribution is -0.0918. The Balaban J connectivity index is 1.88. The smallest absolute Gasteiger partial charge is 0.0292 e. The molecule has 0 N–H and O–H groups in total. The first kappa shape index (κ1) is 10.2. The molecule has 4 atom stereocenters. The second-order valence-electron chi connectivity index (χ2n) is 7.60. The van der Waals surface area contributed by atoms with Crippen LogP contribution in [0, 0.1) is 28.6 Å². The highest BCUT2D eigenvalue weighted by molar-refractivity contribution is 5.06. The van der Waals surface area contributed by atoms with Gasteiger partial charge in [-0.15, -0.1) is 0 Å². The van der Waals surface area contributed by atoms with Crippen molar-refractivity contribution in [3.63, 3.8) is 0 Å². The van der Waals surface area contributed by atoms with E-state index >= 15 is 0 Å². The largest absolute Gasteiger partial charge is 0.0596 e. The van der Waals surface area contributed by atoms with Gasteiger partial charge in [0, 0.05) is 0 Å². The minimum Gasteiger partial charge on any atom is -0.0596 e. The van der Waals surface area contributed by atoms with E-state index < -0.39 is 0 Å². The summed E-state index contributed by atoms with van der Waals surface area (Å²) in [4.78, 5) is 0. The molecule has 0 saturated heterocycles. The minimum atomic E-state index is 0.672. The Kier molecular flexibility index (Phi) is 2.05. The van der Waals surface area contributed by atoms with Crippen LogP contribution in [0.15, 0.2) is 0 Å². The van der Waals surface area contributed by atoms with E-state index in [2.05, 4.69) is 20.8 Å². The van der Waals surface area contributed by atoms with Gasteiger partial charge >= 0.3 is 0 Å². The maximum Gasteiger partial charge on any atom is -0.0292 e. The summed E-state index contributed by atoms with van der Waals surface area (Å²) in [6, 6.07) is 0. The molecule has 0 aromatic carbocycles. The van der Waals surface area contributed by atoms with Gasteiger partial charge in [-0.05, 0) is 54.3 Å². The molecule has 0 heterocycles. The van der Waals surface area contributed by atoms with Crippen LogP contribution in [-0.2, 0) is 0 Å². The molecule has 3 saturated carbocycles. The maximum absolute atomic E-state index is 2.61. The molecule has 3 aliphatic rings. The Bertz CT molecular complexity index is 265. The summed E-state index contributed by atoms with van der Waals surface area (Å²) in [5, 5.41) is 0. The number of fused-ring (bicyclic) bond motifs is 4. The van der Waals surface area contributed by atoms with E-state index in [1.807, 2.05) is 0 Å². The number of rotatable bonds is 0. The van der Waals surface area contributed by atoms with Crippen LogP contribution >= 0.6 is 0 Å². The van der Waals surface area contributed by atoms with E-state index in [1.165, 1.54) is 32.1 Å². The molecular formula is C15H26. The Morgan fingerprint density at radius 3 is 2.40 bits per heavy atom. The highest BCUT2D eigenvalue weighted by Crippen LogP contribution is 2.65. The van der Waals surface area contributed by atoms with Crippen molar-refractivity contribution in [3.8, 4) is 0 Å². The molecule has 0 nitrogen and oxygen atoms in total. The van der Waals surface area contributed by atoms with Crippen LogP contribution in [0.1, 0.15) is 65.7 Å². The van der Waals surface area contributed by atoms with Gasteiger partial charge in [0.15, 0.2) is 0 Å². The van der Waals surface area contributed by atoms with Crippen molar-refractivity contribution in [1.29, 1.82) is 0 Å². The molecule has 0 aromatic rings. The van der Waals surface area contributed by atoms with E-state index in [4.69, 9.17) is 0 Å². The quantitative estimate of drug-likeness (QED) is 0.541. The topological polar surface area (TPSA) is 0 Å². The average Bonchev–Trinajstić information content (AvgIpc) is 2.21. The monoisotopic (exact) mass is 206 g/mol. The predicted octanol–water partition coefficient (Wildman–Crippen LogP) is 4.64. The third kappa shape index (κ3) is 1.40. The van der Waals surface area contributed by atoms with Crippen LogP contribution < -0.4 is 0 Å². The summed E-state index contributed by atoms with van der Waals surface area (Å²) in [6.07, 6.45) is 10.7. The van der Waals surface area contributed by atoms with Gasteiger partial charge in [0.2, 0.25) is 0 Å². The zero-order valence-corrected chi connectivity index (χ0v) is 10.7. The summed E-state index contributed by atoms with van der Waals surface area (Å²) in [5.41, 5.74) is 1.41. The van der Waals surface area contributed by atoms with E-state index in [0.29, 0.717) is 5.41 Å². The first-order valence-electron chi connectivity index (χ1n) is 7.01. The lowest BCUT2D eigenvalue weighted by atomic mass is 9.46. The predicted molar refractivity (Wildman–Crippen MR) is 64.7 cm³/mol. The van der Waals surface area contributed by atoms with Gasteiger partial charge in [-0.1, -0.05) is 40.0 Å². The fourth-order valence-electron chi connectivity index (χ4n) is 5.23. The van der Waals surface area contributed by atoms with Gasteiger partial charge in [0.1, 0.15) is 0 Å². The van der Waals surface area contributed by atoms with Crippen molar-refractivity contribution in [1.82, 2.24) is 0 Å². The van der Waals surface area contributed by atoms with Gasteiger partial charge < -0.3 is 0 Å². The van der Waals surface area contributed by atoms with Gasteiger partial charge in [0.05, 0.1) is 0 Å². The highest BCUT2D eigenvalue weighted by atomic mass is 14.6. The molecule has 0 radical (unpaired) electrons. The SMILES string of the molecule is CC1(C)CC2C1CCC1CCCC2(C)C1. The Morgan fingerprint density at radius 2 is 1.67 bits per heavy atom. The molecule has 2 bridgehead atoms. The normalized spacial score (nSPS) is 52.6. The van der Waals surface area contributed by atoms with Crippen LogP contribution in [0.5, 0.6) is 0 Å². The van der Waals surface area contributed by atoms with Crippen LogP contribution in [0.2, 0.25) is 0 Å². The molecule has 3 rings (SSSR count). The molecule has 0 heteroatoms. The highest BCUT2D eigenvalue weighted by Gasteiger charge is 2.56. The molecular weight excluding hydrogens is 180 g/mol. The molecule has 0 spiro atoms. The van der Waals surface area contributed by atoms with Gasteiger partial charge in [-0.25, -0.2) is 0 Å². The number of hydrogen-bond donors (Lipinski definition) is 0. The molecule has 0 aromatic heterocycles. The van der Waals surface area contributed by atoms with Crippen molar-refractivity contribution in [3.05, 3.63) is 0 Å². The van der Waals surface area contributed by atoms with Crippen molar-refractivity contribution in [2.24, 2.45) is 28.6 Å². The molecule has 0 aliphatic heterocycles. The molecule has 15 heavy (non-hydrogen) atoms. The van der Waals surface area contributed by atoms with Gasteiger partial charge in [0.25, 0.3) is 0 Å². The Morgan fingerprint density at radius 1 is 0.867 bits per heavy atom. The van der Waals surface area contributed by atoms with Crippen LogP contribution in [0.25, 0.3) is 0 Å². The second kappa shape index (κ2) is 3.02. The van der Waals surface area contributed by atoms with Crippen LogP contribution in [0.3, 0.4) is 0 Å². The first-order chi connectivity index (χ1) is 7.01. The van der Waals surface area contributed by atoms with Crippen molar-refractivity contribution >= 4 is 0 Å². The van der Waals surface area contributed by atoms with Crippen LogP contribution in [-0.4, -0.2) is 0 Å². The Labute approximate surface area is 94.8 Å². The van der Waals surface area contributed by atoms with E-state index in [9.17, 15) is 0 Å². The molecule has 3 fully saturated rings. The van der Waals surface area contributed by atoms with E-state index in [1.54, 1.807) is 12.8 Å². The fraction of sp³-hybridized carbons (Fsp3) is 1.00. The van der Waals surface area contributed by atoms with Crippen molar-refractivity contribution < 1.29 is 0 Å². The zero-order chi connectivity index (χ0) is 10.7. The molecule has 0 amide bonds. The summed E-state index contributed by atoms with van der Waals surface area (Å²) in [7, 11) is 0. The summed E-state index contributed by atoms with van der Waals surface area (Å²) in [5.74, 6) is 3.23. The first-order valence-corrected chi connectivity index (χ1v) is 7.01. The maximum atomic E-state index is 2.61. The molecule has 3 aliphatic carbocycles. The van der Waals surface area contributed by atoms with Crippen molar-refractivity contribution in [2.75, 3.05) is 0 Å². The summed E-state index contributed by atoms with van der Waals surface area (Å²) >= 11 is 0. The molecule has 86 valence electrons. The summed E-state index contributed by atoms with van der Waals surface area (Å²) in [6.45, 7) is 7.62. The van der Waals surface area contributed by atoms with Crippen molar-refractivity contribution in [2.45, 2.75) is 65.7 Å². The lowest BCUT2D eigenvalue weighted by Gasteiger charge is -2.58. The van der Waals surface area contributed by atoms with Gasteiger partial charge in [-0.3, -0.25) is 0 Å². The average molecular weight is 206 g/mol. The minimum absolute atomic E-state index is 0.672.